The molecule has 1 heterocycles. The molecule has 2 amide bonds. The van der Waals surface area contributed by atoms with Crippen molar-refractivity contribution < 1.29 is 29.0 Å². The molecule has 2 aromatic rings. The second kappa shape index (κ2) is 10.9. The molecule has 9 nitrogen and oxygen atoms in total. The second-order valence-electron chi connectivity index (χ2n) is 6.87. The van der Waals surface area contributed by atoms with Crippen LogP contribution in [0.15, 0.2) is 66.6 Å². The maximum Gasteiger partial charge on any atom is 0.408 e. The number of hydrogen-bond acceptors (Lipinski definition) is 7. The summed E-state index contributed by atoms with van der Waals surface area (Å²) in [6, 6.07) is 14.8. The summed E-state index contributed by atoms with van der Waals surface area (Å²) in [7, 11) is 1.50. The highest BCUT2D eigenvalue weighted by atomic mass is 16.7. The summed E-state index contributed by atoms with van der Waals surface area (Å²) < 4.78 is 10.3. The lowest BCUT2D eigenvalue weighted by Gasteiger charge is -2.19. The first-order chi connectivity index (χ1) is 15.0. The Balaban J connectivity index is 1.59. The van der Waals surface area contributed by atoms with Crippen molar-refractivity contribution in [2.45, 2.75) is 25.2 Å². The number of carbonyl (C=O) groups excluding carboxylic acids is 2. The maximum absolute atomic E-state index is 12.8. The summed E-state index contributed by atoms with van der Waals surface area (Å²) in [5.41, 5.74) is 4.20. The van der Waals surface area contributed by atoms with Crippen LogP contribution in [0, 0.1) is 0 Å². The van der Waals surface area contributed by atoms with Gasteiger partial charge in [0.2, 0.25) is 11.8 Å². The third-order valence-electron chi connectivity index (χ3n) is 4.54. The fourth-order valence-corrected chi connectivity index (χ4v) is 2.89. The number of hydrogen-bond donors (Lipinski definition) is 4. The van der Waals surface area contributed by atoms with Crippen molar-refractivity contribution in [2.24, 2.45) is 0 Å². The Morgan fingerprint density at radius 3 is 2.55 bits per heavy atom. The third-order valence-corrected chi connectivity index (χ3v) is 4.54. The minimum atomic E-state index is -0.881. The number of carbonyl (C=O) groups is 2. The predicted octanol–water partition coefficient (Wildman–Crippen LogP) is 1.74. The highest BCUT2D eigenvalue weighted by molar-refractivity contribution is 5.86. The predicted molar refractivity (Wildman–Crippen MR) is 111 cm³/mol. The largest absolute Gasteiger partial charge is 0.508 e. The Hall–Kier alpha value is -3.72. The SMILES string of the molecule is COC1=CC(CNC(=O)[C@H](Cc2ccc(O)cc2)NC(=O)OCc2ccccc2)ON1. The Labute approximate surface area is 180 Å². The van der Waals surface area contributed by atoms with E-state index in [-0.39, 0.29) is 25.3 Å². The van der Waals surface area contributed by atoms with Gasteiger partial charge in [-0.2, -0.15) is 0 Å². The second-order valence-corrected chi connectivity index (χ2v) is 6.87. The van der Waals surface area contributed by atoms with E-state index in [1.807, 2.05) is 30.3 Å². The van der Waals surface area contributed by atoms with Gasteiger partial charge in [0.05, 0.1) is 13.7 Å². The fourth-order valence-electron chi connectivity index (χ4n) is 2.89. The van der Waals surface area contributed by atoms with Gasteiger partial charge in [-0.15, -0.1) is 0 Å². The number of hydroxylamine groups is 1. The van der Waals surface area contributed by atoms with E-state index >= 15 is 0 Å². The van der Waals surface area contributed by atoms with Crippen LogP contribution >= 0.6 is 0 Å². The minimum Gasteiger partial charge on any atom is -0.508 e. The molecule has 31 heavy (non-hydrogen) atoms. The lowest BCUT2D eigenvalue weighted by Crippen LogP contribution is -2.49. The summed E-state index contributed by atoms with van der Waals surface area (Å²) in [6.45, 7) is 0.276. The number of ether oxygens (including phenoxy) is 2. The number of alkyl carbamates (subject to hydrolysis) is 1. The van der Waals surface area contributed by atoms with Crippen molar-refractivity contribution in [3.8, 4) is 5.75 Å². The van der Waals surface area contributed by atoms with Crippen LogP contribution in [0.1, 0.15) is 11.1 Å². The Morgan fingerprint density at radius 2 is 1.87 bits per heavy atom. The minimum absolute atomic E-state index is 0.0897. The van der Waals surface area contributed by atoms with Crippen LogP contribution in [0.4, 0.5) is 4.79 Å². The van der Waals surface area contributed by atoms with Gasteiger partial charge in [0.1, 0.15) is 24.5 Å². The molecule has 2 atom stereocenters. The molecular weight excluding hydrogens is 402 g/mol. The van der Waals surface area contributed by atoms with Crippen molar-refractivity contribution >= 4 is 12.0 Å². The molecule has 0 radical (unpaired) electrons. The molecule has 0 saturated heterocycles. The van der Waals surface area contributed by atoms with E-state index in [1.54, 1.807) is 18.2 Å². The van der Waals surface area contributed by atoms with Gasteiger partial charge in [0.25, 0.3) is 0 Å². The molecule has 0 aliphatic carbocycles. The van der Waals surface area contributed by atoms with Crippen molar-refractivity contribution in [1.29, 1.82) is 0 Å². The van der Waals surface area contributed by atoms with E-state index in [1.165, 1.54) is 19.2 Å². The van der Waals surface area contributed by atoms with Crippen LogP contribution < -0.4 is 16.1 Å². The lowest BCUT2D eigenvalue weighted by molar-refractivity contribution is -0.123. The molecule has 0 saturated carbocycles. The van der Waals surface area contributed by atoms with E-state index in [0.29, 0.717) is 5.88 Å². The number of nitrogens with one attached hydrogen (secondary N) is 3. The lowest BCUT2D eigenvalue weighted by atomic mass is 10.1. The number of rotatable bonds is 9. The van der Waals surface area contributed by atoms with Crippen LogP contribution in [0.3, 0.4) is 0 Å². The zero-order chi connectivity index (χ0) is 22.1. The molecule has 1 unspecified atom stereocenters. The first-order valence-electron chi connectivity index (χ1n) is 9.74. The molecule has 164 valence electrons. The topological polar surface area (TPSA) is 118 Å². The molecule has 1 aliphatic heterocycles. The van der Waals surface area contributed by atoms with E-state index in [4.69, 9.17) is 14.3 Å². The van der Waals surface area contributed by atoms with Gasteiger partial charge < -0.3 is 25.2 Å². The van der Waals surface area contributed by atoms with Crippen molar-refractivity contribution in [3.63, 3.8) is 0 Å². The van der Waals surface area contributed by atoms with Gasteiger partial charge in [0, 0.05) is 12.5 Å². The molecule has 4 N–H and O–H groups in total. The molecule has 9 heteroatoms. The normalized spacial score (nSPS) is 15.9. The highest BCUT2D eigenvalue weighted by Crippen LogP contribution is 2.12. The van der Waals surface area contributed by atoms with Crippen LogP contribution in [0.5, 0.6) is 5.75 Å². The molecule has 0 bridgehead atoms. The summed E-state index contributed by atoms with van der Waals surface area (Å²) in [5.74, 6) is 0.182. The summed E-state index contributed by atoms with van der Waals surface area (Å²) in [4.78, 5) is 30.3. The Morgan fingerprint density at radius 1 is 1.13 bits per heavy atom. The first-order valence-corrected chi connectivity index (χ1v) is 9.74. The van der Waals surface area contributed by atoms with Gasteiger partial charge in [-0.1, -0.05) is 42.5 Å². The van der Waals surface area contributed by atoms with E-state index in [0.717, 1.165) is 11.1 Å². The fraction of sp³-hybridized carbons (Fsp3) is 0.273. The van der Waals surface area contributed by atoms with Crippen molar-refractivity contribution in [3.05, 3.63) is 77.7 Å². The molecule has 2 aromatic carbocycles. The number of amides is 2. The van der Waals surface area contributed by atoms with Crippen LogP contribution in [-0.2, 0) is 32.1 Å². The standard InChI is InChI=1S/C22H25N3O6/c1-29-20-12-18(31-25-20)13-23-21(27)19(11-15-7-9-17(26)10-8-15)24-22(28)30-14-16-5-3-2-4-6-16/h2-10,12,18-19,25-26H,11,13-14H2,1H3,(H,23,27)(H,24,28)/t18?,19-/m0/s1. The number of methoxy groups -OCH3 is 1. The first kappa shape index (κ1) is 22.0. The number of phenolic OH excluding ortho intramolecular Hbond substituents is 1. The van der Waals surface area contributed by atoms with Gasteiger partial charge in [-0.05, 0) is 23.3 Å². The zero-order valence-corrected chi connectivity index (χ0v) is 17.0. The van der Waals surface area contributed by atoms with Crippen LogP contribution in [-0.4, -0.2) is 42.9 Å². The van der Waals surface area contributed by atoms with Crippen molar-refractivity contribution in [1.82, 2.24) is 16.1 Å². The quantitative estimate of drug-likeness (QED) is 0.481. The van der Waals surface area contributed by atoms with Crippen molar-refractivity contribution in [2.75, 3.05) is 13.7 Å². The van der Waals surface area contributed by atoms with Gasteiger partial charge in [0.15, 0.2) is 0 Å². The van der Waals surface area contributed by atoms with Gasteiger partial charge in [-0.25, -0.2) is 10.3 Å². The average molecular weight is 427 g/mol. The van der Waals surface area contributed by atoms with Gasteiger partial charge >= 0.3 is 6.09 Å². The number of benzene rings is 2. The third kappa shape index (κ3) is 6.93. The summed E-state index contributed by atoms with van der Waals surface area (Å²) in [5, 5.41) is 14.8. The van der Waals surface area contributed by atoms with E-state index in [9.17, 15) is 14.7 Å². The molecular formula is C22H25N3O6. The monoisotopic (exact) mass is 427 g/mol. The Bertz CT molecular complexity index is 901. The number of aromatic hydroxyl groups is 1. The smallest absolute Gasteiger partial charge is 0.408 e. The van der Waals surface area contributed by atoms with Crippen LogP contribution in [0.25, 0.3) is 0 Å². The molecule has 0 spiro atoms. The van der Waals surface area contributed by atoms with E-state index < -0.39 is 24.1 Å². The summed E-state index contributed by atoms with van der Waals surface area (Å²) in [6.07, 6.45) is 0.799. The summed E-state index contributed by atoms with van der Waals surface area (Å²) >= 11 is 0. The molecule has 0 aromatic heterocycles. The molecule has 3 rings (SSSR count). The maximum atomic E-state index is 12.8. The van der Waals surface area contributed by atoms with Crippen LogP contribution in [0.2, 0.25) is 0 Å². The zero-order valence-electron chi connectivity index (χ0n) is 17.0. The molecule has 0 fully saturated rings. The average Bonchev–Trinajstić information content (AvgIpc) is 3.26. The highest BCUT2D eigenvalue weighted by Gasteiger charge is 2.24. The van der Waals surface area contributed by atoms with Gasteiger partial charge in [-0.3, -0.25) is 9.63 Å². The van der Waals surface area contributed by atoms with E-state index in [2.05, 4.69) is 16.1 Å². The molecule has 1 aliphatic rings. The number of phenols is 1. The Kier molecular flexibility index (Phi) is 7.72.